The number of hydrogen-bond donors (Lipinski definition) is 4. The van der Waals surface area contributed by atoms with Crippen molar-refractivity contribution in [2.75, 3.05) is 6.61 Å². The normalized spacial score (nSPS) is 46.1. The van der Waals surface area contributed by atoms with Crippen LogP contribution in [0.4, 0.5) is 0 Å². The Morgan fingerprint density at radius 1 is 1.35 bits per heavy atom. The van der Waals surface area contributed by atoms with Crippen LogP contribution in [0, 0.1) is 0 Å². The van der Waals surface area contributed by atoms with Crippen LogP contribution in [0.5, 0.6) is 0 Å². The van der Waals surface area contributed by atoms with Gasteiger partial charge in [-0.3, -0.25) is 13.6 Å². The fraction of sp³-hybridized carbons (Fsp3) is 1.00. The van der Waals surface area contributed by atoms with Crippen molar-refractivity contribution in [3.8, 4) is 0 Å². The topological polar surface area (TPSA) is 152 Å². The number of ether oxygens (including phenoxy) is 1. The Hall–Kier alpha value is 0.140. The molecule has 0 saturated carbocycles. The lowest BCUT2D eigenvalue weighted by atomic mass is 10.1. The largest absolute Gasteiger partial charge is 0.475 e. The summed E-state index contributed by atoms with van der Waals surface area (Å²) >= 11 is 0. The van der Waals surface area contributed by atoms with Crippen LogP contribution in [0.2, 0.25) is 0 Å². The summed E-state index contributed by atoms with van der Waals surface area (Å²) in [5, 5.41) is 9.59. The molecule has 0 bridgehead atoms. The quantitative estimate of drug-likeness (QED) is 0.461. The maximum absolute atomic E-state index is 11.0. The van der Waals surface area contributed by atoms with E-state index in [4.69, 9.17) is 19.4 Å². The SMILES string of the molecule is O=P(O)(O)OC[C@H]1O[C@@H]2OP(=O)(O)O[C@@H]2[C@@H]1O. The molecule has 0 aromatic heterocycles. The molecule has 0 aromatic rings. The zero-order valence-corrected chi connectivity index (χ0v) is 9.94. The average Bonchev–Trinajstić information content (AvgIpc) is 2.57. The molecule has 2 heterocycles. The van der Waals surface area contributed by atoms with Crippen LogP contribution in [0.1, 0.15) is 0 Å². The Balaban J connectivity index is 1.94. The van der Waals surface area contributed by atoms with E-state index in [0.29, 0.717) is 0 Å². The van der Waals surface area contributed by atoms with Gasteiger partial charge in [-0.05, 0) is 0 Å². The van der Waals surface area contributed by atoms with Crippen LogP contribution in [0.3, 0.4) is 0 Å². The van der Waals surface area contributed by atoms with Gasteiger partial charge in [0.15, 0.2) is 6.29 Å². The molecule has 0 aromatic carbocycles. The van der Waals surface area contributed by atoms with Gasteiger partial charge in [0, 0.05) is 0 Å². The van der Waals surface area contributed by atoms with Crippen LogP contribution >= 0.6 is 15.6 Å². The van der Waals surface area contributed by atoms with Gasteiger partial charge in [0.2, 0.25) is 0 Å². The highest BCUT2D eigenvalue weighted by molar-refractivity contribution is 7.47. The third-order valence-corrected chi connectivity index (χ3v) is 3.66. The monoisotopic (exact) mass is 292 g/mol. The molecule has 12 heteroatoms. The predicted molar refractivity (Wildman–Crippen MR) is 48.4 cm³/mol. The Labute approximate surface area is 94.9 Å². The molecule has 10 nitrogen and oxygen atoms in total. The lowest BCUT2D eigenvalue weighted by molar-refractivity contribution is -0.0910. The highest BCUT2D eigenvalue weighted by atomic mass is 31.2. The summed E-state index contributed by atoms with van der Waals surface area (Å²) in [6.45, 7) is -0.596. The van der Waals surface area contributed by atoms with E-state index in [-0.39, 0.29) is 0 Å². The van der Waals surface area contributed by atoms with Crippen molar-refractivity contribution in [3.05, 3.63) is 0 Å². The molecular formula is C5H10O10P2. The number of fused-ring (bicyclic) bond motifs is 1. The summed E-state index contributed by atoms with van der Waals surface area (Å²) in [6.07, 6.45) is -4.94. The van der Waals surface area contributed by atoms with Crippen LogP contribution < -0.4 is 0 Å². The van der Waals surface area contributed by atoms with Crippen molar-refractivity contribution < 1.29 is 47.2 Å². The third-order valence-electron chi connectivity index (χ3n) is 2.19. The van der Waals surface area contributed by atoms with Gasteiger partial charge in [0.05, 0.1) is 6.61 Å². The minimum atomic E-state index is -4.68. The lowest BCUT2D eigenvalue weighted by Gasteiger charge is -2.17. The number of phosphoric ester groups is 2. The average molecular weight is 292 g/mol. The molecule has 2 aliphatic rings. The number of phosphoric acid groups is 2. The van der Waals surface area contributed by atoms with Gasteiger partial charge >= 0.3 is 15.6 Å². The zero-order chi connectivity index (χ0) is 12.8. The van der Waals surface area contributed by atoms with Crippen LogP contribution in [-0.2, 0) is 27.4 Å². The van der Waals surface area contributed by atoms with Crippen molar-refractivity contribution in [1.82, 2.24) is 0 Å². The smallest absolute Gasteiger partial charge is 0.387 e. The number of aliphatic hydroxyl groups excluding tert-OH is 1. The third kappa shape index (κ3) is 3.12. The maximum atomic E-state index is 11.0. The van der Waals surface area contributed by atoms with Gasteiger partial charge in [-0.15, -0.1) is 0 Å². The van der Waals surface area contributed by atoms with Crippen molar-refractivity contribution in [2.45, 2.75) is 24.6 Å². The second-order valence-corrected chi connectivity index (χ2v) is 6.06. The number of aliphatic hydroxyl groups is 1. The minimum absolute atomic E-state index is 0.596. The molecule has 0 aliphatic carbocycles. The molecule has 5 atom stereocenters. The van der Waals surface area contributed by atoms with Gasteiger partial charge in [-0.2, -0.15) is 0 Å². The van der Waals surface area contributed by atoms with E-state index in [1.165, 1.54) is 0 Å². The second-order valence-electron chi connectivity index (χ2n) is 3.46. The van der Waals surface area contributed by atoms with Gasteiger partial charge in [0.25, 0.3) is 0 Å². The Kier molecular flexibility index (Phi) is 3.48. The summed E-state index contributed by atoms with van der Waals surface area (Å²) in [5.41, 5.74) is 0. The molecule has 0 radical (unpaired) electrons. The standard InChI is InChI=1S/C5H10O10P2/c6-3-2(1-12-16(7,8)9)13-5-4(3)14-17(10,11)15-5/h2-6H,1H2,(H,10,11)(H2,7,8,9)/t2-,3-,4-,5-/m1/s1. The van der Waals surface area contributed by atoms with E-state index in [1.807, 2.05) is 0 Å². The Morgan fingerprint density at radius 2 is 2.00 bits per heavy atom. The molecule has 17 heavy (non-hydrogen) atoms. The van der Waals surface area contributed by atoms with E-state index in [0.717, 1.165) is 0 Å². The zero-order valence-electron chi connectivity index (χ0n) is 8.15. The molecule has 2 aliphatic heterocycles. The summed E-state index contributed by atoms with van der Waals surface area (Å²) in [4.78, 5) is 25.8. The first-order valence-corrected chi connectivity index (χ1v) is 7.44. The summed E-state index contributed by atoms with van der Waals surface area (Å²) in [7, 11) is -8.89. The minimum Gasteiger partial charge on any atom is -0.387 e. The van der Waals surface area contributed by atoms with E-state index >= 15 is 0 Å². The van der Waals surface area contributed by atoms with E-state index in [1.54, 1.807) is 0 Å². The van der Waals surface area contributed by atoms with E-state index < -0.39 is 46.9 Å². The first-order valence-electron chi connectivity index (χ1n) is 4.41. The van der Waals surface area contributed by atoms with Crippen LogP contribution in [0.25, 0.3) is 0 Å². The van der Waals surface area contributed by atoms with Gasteiger partial charge in [0.1, 0.15) is 18.3 Å². The first kappa shape index (κ1) is 13.6. The fourth-order valence-electron chi connectivity index (χ4n) is 1.52. The van der Waals surface area contributed by atoms with Crippen LogP contribution in [0.15, 0.2) is 0 Å². The molecule has 1 unspecified atom stereocenters. The molecule has 2 saturated heterocycles. The molecule has 100 valence electrons. The van der Waals surface area contributed by atoms with Crippen LogP contribution in [-0.4, -0.2) is 51.0 Å². The second kappa shape index (κ2) is 4.36. The molecule has 2 rings (SSSR count). The van der Waals surface area contributed by atoms with Crippen molar-refractivity contribution in [2.24, 2.45) is 0 Å². The maximum Gasteiger partial charge on any atom is 0.475 e. The van der Waals surface area contributed by atoms with Gasteiger partial charge in [-0.1, -0.05) is 0 Å². The van der Waals surface area contributed by atoms with Gasteiger partial charge in [-0.25, -0.2) is 9.13 Å². The van der Waals surface area contributed by atoms with E-state index in [9.17, 15) is 14.2 Å². The summed E-state index contributed by atoms with van der Waals surface area (Å²) in [6, 6.07) is 0. The molecular weight excluding hydrogens is 282 g/mol. The fourth-order valence-corrected chi connectivity index (χ4v) is 2.87. The number of rotatable bonds is 3. The Bertz CT molecular complexity index is 390. The molecule has 0 spiro atoms. The van der Waals surface area contributed by atoms with Crippen molar-refractivity contribution in [1.29, 1.82) is 0 Å². The Morgan fingerprint density at radius 3 is 2.53 bits per heavy atom. The first-order chi connectivity index (χ1) is 7.68. The molecule has 2 fully saturated rings. The molecule has 0 amide bonds. The molecule has 4 N–H and O–H groups in total. The van der Waals surface area contributed by atoms with Crippen molar-refractivity contribution >= 4 is 15.6 Å². The van der Waals surface area contributed by atoms with E-state index in [2.05, 4.69) is 13.6 Å². The van der Waals surface area contributed by atoms with Crippen molar-refractivity contribution in [3.63, 3.8) is 0 Å². The number of hydrogen-bond acceptors (Lipinski definition) is 7. The highest BCUT2D eigenvalue weighted by Crippen LogP contribution is 2.56. The predicted octanol–water partition coefficient (Wildman–Crippen LogP) is -1.30. The van der Waals surface area contributed by atoms with Gasteiger partial charge < -0.3 is 24.5 Å². The highest BCUT2D eigenvalue weighted by Gasteiger charge is 2.56. The summed E-state index contributed by atoms with van der Waals surface area (Å²) < 4.78 is 39.4. The summed E-state index contributed by atoms with van der Waals surface area (Å²) in [5.74, 6) is 0. The lowest BCUT2D eigenvalue weighted by Crippen LogP contribution is -2.33.